The Hall–Kier alpha value is -1.38. The minimum absolute atomic E-state index is 0.0663. The minimum Gasteiger partial charge on any atom is -0.477 e. The number of benzene rings is 1. The van der Waals surface area contributed by atoms with Crippen LogP contribution in [-0.2, 0) is 16.4 Å². The summed E-state index contributed by atoms with van der Waals surface area (Å²) in [6, 6.07) is 6.97. The van der Waals surface area contributed by atoms with Crippen molar-refractivity contribution in [1.29, 1.82) is 0 Å². The summed E-state index contributed by atoms with van der Waals surface area (Å²) < 4.78 is 28.3. The van der Waals surface area contributed by atoms with Gasteiger partial charge >= 0.3 is 5.97 Å². The van der Waals surface area contributed by atoms with Crippen LogP contribution in [0, 0.1) is 6.92 Å². The Labute approximate surface area is 146 Å². The molecule has 0 amide bonds. The van der Waals surface area contributed by atoms with E-state index in [4.69, 9.17) is 5.11 Å². The number of sulfonamides is 1. The number of aryl methyl sites for hydroxylation is 2. The average Bonchev–Trinajstić information content (AvgIpc) is 2.89. The number of hydrogen-bond donors (Lipinski definition) is 1. The van der Waals surface area contributed by atoms with Gasteiger partial charge in [0.1, 0.15) is 9.09 Å². The van der Waals surface area contributed by atoms with Gasteiger partial charge in [0.15, 0.2) is 0 Å². The number of nitrogens with zero attached hydrogens (tertiary/aromatic N) is 1. The molecule has 23 heavy (non-hydrogen) atoms. The summed E-state index contributed by atoms with van der Waals surface area (Å²) in [6.07, 6.45) is 1.56. The predicted octanol–water partition coefficient (Wildman–Crippen LogP) is 3.66. The van der Waals surface area contributed by atoms with Crippen molar-refractivity contribution in [2.24, 2.45) is 0 Å². The highest BCUT2D eigenvalue weighted by Gasteiger charge is 2.31. The first-order valence-electron chi connectivity index (χ1n) is 6.95. The van der Waals surface area contributed by atoms with Crippen molar-refractivity contribution in [1.82, 2.24) is 0 Å². The summed E-state index contributed by atoms with van der Waals surface area (Å²) in [5.74, 6) is -1.10. The first-order valence-corrected chi connectivity index (χ1v) is 10.0. The highest BCUT2D eigenvalue weighted by Crippen LogP contribution is 2.36. The molecule has 0 unspecified atom stereocenters. The molecule has 0 saturated carbocycles. The molecule has 3 rings (SSSR count). The van der Waals surface area contributed by atoms with E-state index in [9.17, 15) is 13.2 Å². The van der Waals surface area contributed by atoms with E-state index >= 15 is 0 Å². The maximum Gasteiger partial charge on any atom is 0.346 e. The van der Waals surface area contributed by atoms with Crippen LogP contribution >= 0.6 is 27.3 Å². The number of anilines is 1. The maximum absolute atomic E-state index is 13.0. The van der Waals surface area contributed by atoms with Crippen molar-refractivity contribution in [2.75, 3.05) is 10.8 Å². The SMILES string of the molecule is Cc1cc(S(=O)(=O)N2CCCc3cc(Br)ccc32)sc1C(=O)O. The molecule has 122 valence electrons. The molecule has 1 aliphatic heterocycles. The number of halogens is 1. The topological polar surface area (TPSA) is 74.7 Å². The van der Waals surface area contributed by atoms with Crippen LogP contribution in [0.4, 0.5) is 5.69 Å². The molecule has 0 saturated heterocycles. The van der Waals surface area contributed by atoms with Crippen molar-refractivity contribution < 1.29 is 18.3 Å². The molecule has 5 nitrogen and oxygen atoms in total. The van der Waals surface area contributed by atoms with Gasteiger partial charge in [0.25, 0.3) is 10.0 Å². The van der Waals surface area contributed by atoms with E-state index in [1.807, 2.05) is 12.1 Å². The van der Waals surface area contributed by atoms with Gasteiger partial charge in [0.2, 0.25) is 0 Å². The number of aromatic carboxylic acids is 1. The van der Waals surface area contributed by atoms with Crippen LogP contribution in [0.15, 0.2) is 32.9 Å². The van der Waals surface area contributed by atoms with E-state index in [0.717, 1.165) is 34.2 Å². The third kappa shape index (κ3) is 2.90. The van der Waals surface area contributed by atoms with Crippen LogP contribution in [0.25, 0.3) is 0 Å². The Morgan fingerprint density at radius 2 is 2.09 bits per heavy atom. The van der Waals surface area contributed by atoms with Gasteiger partial charge < -0.3 is 5.11 Å². The monoisotopic (exact) mass is 415 g/mol. The molecule has 0 spiro atoms. The van der Waals surface area contributed by atoms with Gasteiger partial charge in [0.05, 0.1) is 5.69 Å². The molecule has 0 atom stereocenters. The van der Waals surface area contributed by atoms with Gasteiger partial charge in [-0.05, 0) is 55.2 Å². The van der Waals surface area contributed by atoms with Crippen LogP contribution in [0.2, 0.25) is 0 Å². The number of carbonyl (C=O) groups is 1. The number of rotatable bonds is 3. The van der Waals surface area contributed by atoms with E-state index in [1.54, 1.807) is 13.0 Å². The van der Waals surface area contributed by atoms with Crippen LogP contribution in [0.5, 0.6) is 0 Å². The lowest BCUT2D eigenvalue weighted by Gasteiger charge is -2.30. The third-order valence-corrected chi connectivity index (χ3v) is 7.73. The van der Waals surface area contributed by atoms with Gasteiger partial charge in [-0.15, -0.1) is 11.3 Å². The second kappa shape index (κ2) is 5.92. The summed E-state index contributed by atoms with van der Waals surface area (Å²) in [5.41, 5.74) is 2.11. The second-order valence-corrected chi connectivity index (χ2v) is 9.39. The van der Waals surface area contributed by atoms with Gasteiger partial charge in [-0.1, -0.05) is 15.9 Å². The lowest BCUT2D eigenvalue weighted by atomic mass is 10.0. The standard InChI is InChI=1S/C15H14BrNO4S2/c1-9-7-13(22-14(9)15(18)19)23(20,21)17-6-2-3-10-8-11(16)4-5-12(10)17/h4-5,7-8H,2-3,6H2,1H3,(H,18,19). The fraction of sp³-hybridized carbons (Fsp3) is 0.267. The number of carboxylic acids is 1. The number of hydrogen-bond acceptors (Lipinski definition) is 4. The van der Waals surface area contributed by atoms with Crippen molar-refractivity contribution in [3.8, 4) is 0 Å². The zero-order valence-electron chi connectivity index (χ0n) is 12.2. The molecule has 8 heteroatoms. The summed E-state index contributed by atoms with van der Waals surface area (Å²) in [4.78, 5) is 11.2. The molecule has 0 bridgehead atoms. The van der Waals surface area contributed by atoms with E-state index in [0.29, 0.717) is 17.8 Å². The Balaban J connectivity index is 2.08. The largest absolute Gasteiger partial charge is 0.477 e. The van der Waals surface area contributed by atoms with Crippen LogP contribution < -0.4 is 4.31 Å². The summed E-state index contributed by atoms with van der Waals surface area (Å²) in [7, 11) is -3.75. The number of carboxylic acid groups (broad SMARTS) is 1. The Kier molecular flexibility index (Phi) is 4.24. The summed E-state index contributed by atoms with van der Waals surface area (Å²) in [5, 5.41) is 9.14. The molecule has 1 aromatic carbocycles. The molecular formula is C15H14BrNO4S2. The molecular weight excluding hydrogens is 402 g/mol. The number of fused-ring (bicyclic) bond motifs is 1. The predicted molar refractivity (Wildman–Crippen MR) is 93.0 cm³/mol. The van der Waals surface area contributed by atoms with Crippen molar-refractivity contribution in [3.63, 3.8) is 0 Å². The van der Waals surface area contributed by atoms with E-state index in [1.165, 1.54) is 10.4 Å². The minimum atomic E-state index is -3.75. The van der Waals surface area contributed by atoms with Crippen LogP contribution in [-0.4, -0.2) is 26.0 Å². The smallest absolute Gasteiger partial charge is 0.346 e. The zero-order valence-corrected chi connectivity index (χ0v) is 15.5. The molecule has 0 fully saturated rings. The fourth-order valence-corrected chi connectivity index (χ4v) is 6.12. The fourth-order valence-electron chi connectivity index (χ4n) is 2.68. The Bertz CT molecular complexity index is 889. The molecule has 2 aromatic rings. The summed E-state index contributed by atoms with van der Waals surface area (Å²) in [6.45, 7) is 2.01. The first kappa shape index (κ1) is 16.5. The van der Waals surface area contributed by atoms with E-state index in [2.05, 4.69) is 15.9 Å². The van der Waals surface area contributed by atoms with E-state index in [-0.39, 0.29) is 9.09 Å². The number of thiophene rings is 1. The second-order valence-electron chi connectivity index (χ2n) is 5.34. The lowest BCUT2D eigenvalue weighted by molar-refractivity contribution is 0.0701. The van der Waals surface area contributed by atoms with E-state index < -0.39 is 16.0 Å². The Morgan fingerprint density at radius 3 is 2.74 bits per heavy atom. The van der Waals surface area contributed by atoms with Crippen LogP contribution in [0.3, 0.4) is 0 Å². The van der Waals surface area contributed by atoms with Gasteiger partial charge in [-0.25, -0.2) is 13.2 Å². The highest BCUT2D eigenvalue weighted by atomic mass is 79.9. The normalized spacial score (nSPS) is 14.6. The molecule has 1 aromatic heterocycles. The molecule has 0 aliphatic carbocycles. The lowest BCUT2D eigenvalue weighted by Crippen LogP contribution is -2.35. The van der Waals surface area contributed by atoms with Crippen molar-refractivity contribution in [3.05, 3.63) is 44.7 Å². The Morgan fingerprint density at radius 1 is 1.35 bits per heavy atom. The maximum atomic E-state index is 13.0. The van der Waals surface area contributed by atoms with Crippen molar-refractivity contribution in [2.45, 2.75) is 24.0 Å². The van der Waals surface area contributed by atoms with Crippen molar-refractivity contribution >= 4 is 48.9 Å². The van der Waals surface area contributed by atoms with Gasteiger partial charge in [-0.2, -0.15) is 0 Å². The van der Waals surface area contributed by atoms with Gasteiger partial charge in [0, 0.05) is 11.0 Å². The zero-order chi connectivity index (χ0) is 16.8. The third-order valence-electron chi connectivity index (χ3n) is 3.75. The first-order chi connectivity index (χ1) is 10.8. The average molecular weight is 416 g/mol. The van der Waals surface area contributed by atoms with Crippen LogP contribution in [0.1, 0.15) is 27.2 Å². The molecule has 0 radical (unpaired) electrons. The molecule has 2 heterocycles. The molecule has 1 aliphatic rings. The summed E-state index contributed by atoms with van der Waals surface area (Å²) >= 11 is 4.21. The highest BCUT2D eigenvalue weighted by molar-refractivity contribution is 9.10. The quantitative estimate of drug-likeness (QED) is 0.829. The van der Waals surface area contributed by atoms with Gasteiger partial charge in [-0.3, -0.25) is 4.31 Å². The molecule has 1 N–H and O–H groups in total.